The number of rotatable bonds is 3. The molecule has 2 aromatic heterocycles. The summed E-state index contributed by atoms with van der Waals surface area (Å²) in [6, 6.07) is 16.7. The third kappa shape index (κ3) is 3.43. The molecule has 0 saturated heterocycles. The van der Waals surface area contributed by atoms with Crippen molar-refractivity contribution in [1.82, 2.24) is 19.9 Å². The molecular formula is C28H27N7. The molecule has 5 aromatic rings. The van der Waals surface area contributed by atoms with E-state index in [1.165, 1.54) is 5.56 Å². The molecule has 7 nitrogen and oxygen atoms in total. The molecule has 0 amide bonds. The molecule has 0 atom stereocenters. The van der Waals surface area contributed by atoms with Gasteiger partial charge in [0.25, 0.3) is 0 Å². The molecule has 0 bridgehead atoms. The highest BCUT2D eigenvalue weighted by molar-refractivity contribution is 6.02. The predicted octanol–water partition coefficient (Wildman–Crippen LogP) is 5.54. The molecule has 1 aliphatic heterocycles. The number of nitrogens with two attached hydrogens (primary N) is 1. The maximum absolute atomic E-state index is 6.48. The van der Waals surface area contributed by atoms with Gasteiger partial charge in [-0.2, -0.15) is 0 Å². The highest BCUT2D eigenvalue weighted by Crippen LogP contribution is 2.39. The normalized spacial score (nSPS) is 14.2. The third-order valence-electron chi connectivity index (χ3n) is 6.93. The number of aromatic nitrogens is 4. The Morgan fingerprint density at radius 1 is 0.971 bits per heavy atom. The second-order valence-corrected chi connectivity index (χ2v) is 9.80. The summed E-state index contributed by atoms with van der Waals surface area (Å²) in [5, 5.41) is 8.32. The van der Waals surface area contributed by atoms with Gasteiger partial charge in [0, 0.05) is 52.8 Å². The lowest BCUT2D eigenvalue weighted by molar-refractivity contribution is 0.586. The van der Waals surface area contributed by atoms with E-state index in [0.29, 0.717) is 17.6 Å². The van der Waals surface area contributed by atoms with Crippen molar-refractivity contribution in [2.45, 2.75) is 26.2 Å². The minimum atomic E-state index is 0.106. The SMILES string of the molecule is CNc1ncc2cc(-c3c(C)ccc4c(N)nc(-c5ccc6c(c5)NCC6(C)C)nc34)ccc2n1. The third-order valence-corrected chi connectivity index (χ3v) is 6.93. The number of aryl methyl sites for hydroxylation is 1. The zero-order valence-electron chi connectivity index (χ0n) is 20.3. The number of nitrogens with one attached hydrogen (secondary N) is 2. The van der Waals surface area contributed by atoms with Gasteiger partial charge in [-0.3, -0.25) is 0 Å². The predicted molar refractivity (Wildman–Crippen MR) is 144 cm³/mol. The second-order valence-electron chi connectivity index (χ2n) is 9.80. The minimum absolute atomic E-state index is 0.106. The van der Waals surface area contributed by atoms with Crippen LogP contribution in [0.1, 0.15) is 25.0 Å². The van der Waals surface area contributed by atoms with E-state index in [1.807, 2.05) is 25.4 Å². The maximum Gasteiger partial charge on any atom is 0.222 e. The summed E-state index contributed by atoms with van der Waals surface area (Å²) in [5.41, 5.74) is 14.9. The Morgan fingerprint density at radius 2 is 1.80 bits per heavy atom. The van der Waals surface area contributed by atoms with Crippen LogP contribution in [0.15, 0.2) is 54.7 Å². The molecule has 7 heteroatoms. The van der Waals surface area contributed by atoms with Gasteiger partial charge in [-0.05, 0) is 47.9 Å². The number of fused-ring (bicyclic) bond motifs is 3. The van der Waals surface area contributed by atoms with Crippen molar-refractivity contribution < 1.29 is 0 Å². The number of nitrogen functional groups attached to an aromatic ring is 1. The van der Waals surface area contributed by atoms with Gasteiger partial charge >= 0.3 is 0 Å². The van der Waals surface area contributed by atoms with Gasteiger partial charge in [0.1, 0.15) is 5.82 Å². The van der Waals surface area contributed by atoms with Crippen LogP contribution in [0.4, 0.5) is 17.5 Å². The molecule has 35 heavy (non-hydrogen) atoms. The average molecular weight is 462 g/mol. The monoisotopic (exact) mass is 461 g/mol. The van der Waals surface area contributed by atoms with E-state index >= 15 is 0 Å². The quantitative estimate of drug-likeness (QED) is 0.324. The Kier molecular flexibility index (Phi) is 4.64. The fraction of sp³-hybridized carbons (Fsp3) is 0.214. The highest BCUT2D eigenvalue weighted by Gasteiger charge is 2.29. The lowest BCUT2D eigenvalue weighted by atomic mass is 9.86. The van der Waals surface area contributed by atoms with E-state index in [4.69, 9.17) is 10.7 Å². The van der Waals surface area contributed by atoms with Crippen LogP contribution in [0.5, 0.6) is 0 Å². The molecule has 0 aliphatic carbocycles. The van der Waals surface area contributed by atoms with Gasteiger partial charge in [-0.15, -0.1) is 0 Å². The number of anilines is 3. The van der Waals surface area contributed by atoms with Crippen LogP contribution in [0.2, 0.25) is 0 Å². The van der Waals surface area contributed by atoms with Gasteiger partial charge in [0.2, 0.25) is 5.95 Å². The van der Waals surface area contributed by atoms with Crippen molar-refractivity contribution in [2.24, 2.45) is 0 Å². The summed E-state index contributed by atoms with van der Waals surface area (Å²) in [5.74, 6) is 1.70. The Bertz CT molecular complexity index is 1640. The van der Waals surface area contributed by atoms with Gasteiger partial charge in [0.15, 0.2) is 5.82 Å². The fourth-order valence-corrected chi connectivity index (χ4v) is 4.95. The molecule has 0 saturated carbocycles. The van der Waals surface area contributed by atoms with Crippen LogP contribution in [0, 0.1) is 6.92 Å². The number of hydrogen-bond acceptors (Lipinski definition) is 7. The van der Waals surface area contributed by atoms with Crippen LogP contribution in [-0.2, 0) is 5.41 Å². The Morgan fingerprint density at radius 3 is 2.63 bits per heavy atom. The van der Waals surface area contributed by atoms with Gasteiger partial charge in [-0.1, -0.05) is 38.1 Å². The first-order chi connectivity index (χ1) is 16.8. The van der Waals surface area contributed by atoms with Gasteiger partial charge < -0.3 is 16.4 Å². The largest absolute Gasteiger partial charge is 0.384 e. The maximum atomic E-state index is 6.48. The summed E-state index contributed by atoms with van der Waals surface area (Å²) in [4.78, 5) is 18.7. The first-order valence-corrected chi connectivity index (χ1v) is 11.7. The summed E-state index contributed by atoms with van der Waals surface area (Å²) in [6.07, 6.45) is 1.84. The van der Waals surface area contributed by atoms with E-state index in [1.54, 1.807) is 0 Å². The summed E-state index contributed by atoms with van der Waals surface area (Å²) in [7, 11) is 1.81. The summed E-state index contributed by atoms with van der Waals surface area (Å²) >= 11 is 0. The van der Waals surface area contributed by atoms with Crippen molar-refractivity contribution in [2.75, 3.05) is 30.0 Å². The number of nitrogens with zero attached hydrogens (tertiary/aromatic N) is 4. The van der Waals surface area contributed by atoms with Crippen molar-refractivity contribution in [3.05, 3.63) is 65.9 Å². The molecule has 3 aromatic carbocycles. The Balaban J connectivity index is 1.54. The molecule has 3 heterocycles. The number of hydrogen-bond donors (Lipinski definition) is 3. The van der Waals surface area contributed by atoms with Gasteiger partial charge in [0.05, 0.1) is 11.0 Å². The van der Waals surface area contributed by atoms with Crippen LogP contribution < -0.4 is 16.4 Å². The molecule has 0 spiro atoms. The average Bonchev–Trinajstić information content (AvgIpc) is 3.17. The standard InChI is InChI=1S/C28H27N7/c1-15-5-8-19-24(23(15)16-7-10-21-18(11-16)13-31-27(30-4)33-21)34-26(35-25(19)29)17-6-9-20-22(12-17)32-14-28(20,2)3/h5-13,32H,14H2,1-4H3,(H2,29,34,35)(H,30,31,33). The highest BCUT2D eigenvalue weighted by atomic mass is 15.1. The van der Waals surface area contributed by atoms with E-state index in [-0.39, 0.29) is 5.41 Å². The lowest BCUT2D eigenvalue weighted by Gasteiger charge is -2.17. The molecule has 0 unspecified atom stereocenters. The molecule has 6 rings (SSSR count). The molecular weight excluding hydrogens is 434 g/mol. The molecule has 0 fully saturated rings. The summed E-state index contributed by atoms with van der Waals surface area (Å²) < 4.78 is 0. The Hall–Kier alpha value is -4.26. The lowest BCUT2D eigenvalue weighted by Crippen LogP contribution is -2.18. The van der Waals surface area contributed by atoms with Crippen molar-refractivity contribution >= 4 is 39.3 Å². The van der Waals surface area contributed by atoms with E-state index in [0.717, 1.165) is 56.3 Å². The van der Waals surface area contributed by atoms with Crippen LogP contribution in [0.3, 0.4) is 0 Å². The smallest absolute Gasteiger partial charge is 0.222 e. The molecule has 0 radical (unpaired) electrons. The van der Waals surface area contributed by atoms with E-state index in [2.05, 4.69) is 82.8 Å². The first kappa shape index (κ1) is 21.3. The van der Waals surface area contributed by atoms with Crippen molar-refractivity contribution in [1.29, 1.82) is 0 Å². The van der Waals surface area contributed by atoms with E-state index < -0.39 is 0 Å². The zero-order chi connectivity index (χ0) is 24.3. The zero-order valence-corrected chi connectivity index (χ0v) is 20.3. The Labute approximate surface area is 203 Å². The van der Waals surface area contributed by atoms with Crippen LogP contribution in [0.25, 0.3) is 44.3 Å². The molecule has 174 valence electrons. The molecule has 4 N–H and O–H groups in total. The molecule has 1 aliphatic rings. The van der Waals surface area contributed by atoms with Crippen molar-refractivity contribution in [3.8, 4) is 22.5 Å². The fourth-order valence-electron chi connectivity index (χ4n) is 4.95. The minimum Gasteiger partial charge on any atom is -0.384 e. The first-order valence-electron chi connectivity index (χ1n) is 11.7. The summed E-state index contributed by atoms with van der Waals surface area (Å²) in [6.45, 7) is 7.51. The van der Waals surface area contributed by atoms with Crippen molar-refractivity contribution in [3.63, 3.8) is 0 Å². The topological polar surface area (TPSA) is 102 Å². The van der Waals surface area contributed by atoms with Crippen LogP contribution in [-0.4, -0.2) is 33.5 Å². The second kappa shape index (κ2) is 7.63. The number of benzene rings is 3. The van der Waals surface area contributed by atoms with Gasteiger partial charge in [-0.25, -0.2) is 19.9 Å². The van der Waals surface area contributed by atoms with Crippen LogP contribution >= 0.6 is 0 Å². The van der Waals surface area contributed by atoms with E-state index in [9.17, 15) is 0 Å².